The average Bonchev–Trinajstić information content (AvgIpc) is 2.45. The van der Waals surface area contributed by atoms with Gasteiger partial charge in [0.25, 0.3) is 0 Å². The van der Waals surface area contributed by atoms with E-state index in [0.717, 1.165) is 24.3 Å². The van der Waals surface area contributed by atoms with Crippen molar-refractivity contribution in [1.29, 1.82) is 0 Å². The van der Waals surface area contributed by atoms with E-state index in [9.17, 15) is 4.79 Å². The monoisotopic (exact) mass is 306 g/mol. The minimum atomic E-state index is -0.239. The van der Waals surface area contributed by atoms with Crippen LogP contribution in [0.2, 0.25) is 0 Å². The van der Waals surface area contributed by atoms with Gasteiger partial charge in [-0.15, -0.1) is 0 Å². The number of carbonyl (C=O) groups excluding carboxylic acids is 1. The lowest BCUT2D eigenvalue weighted by Crippen LogP contribution is -2.43. The highest BCUT2D eigenvalue weighted by Gasteiger charge is 2.28. The molecule has 1 aliphatic rings. The van der Waals surface area contributed by atoms with Crippen LogP contribution in [0.1, 0.15) is 30.5 Å². The Morgan fingerprint density at radius 1 is 1.36 bits per heavy atom. The summed E-state index contributed by atoms with van der Waals surface area (Å²) in [6.45, 7) is 5.72. The molecule has 122 valence electrons. The molecule has 1 atom stereocenters. The molecule has 1 aromatic carbocycles. The second-order valence-corrected chi connectivity index (χ2v) is 6.05. The van der Waals surface area contributed by atoms with Crippen LogP contribution in [0.4, 0.5) is 4.79 Å². The van der Waals surface area contributed by atoms with Gasteiger partial charge >= 0.3 is 6.09 Å². The van der Waals surface area contributed by atoms with Crippen LogP contribution in [0.15, 0.2) is 12.1 Å². The Bertz CT molecular complexity index is 543. The van der Waals surface area contributed by atoms with Gasteiger partial charge in [0.15, 0.2) is 0 Å². The molecule has 5 nitrogen and oxygen atoms in total. The minimum absolute atomic E-state index is 0.146. The Balaban J connectivity index is 2.30. The quantitative estimate of drug-likeness (QED) is 0.857. The Hall–Kier alpha value is -1.75. The molecule has 0 saturated heterocycles. The van der Waals surface area contributed by atoms with Gasteiger partial charge in [-0.2, -0.15) is 0 Å². The predicted molar refractivity (Wildman–Crippen MR) is 86.1 cm³/mol. The number of benzene rings is 1. The van der Waals surface area contributed by atoms with Crippen LogP contribution in [0.3, 0.4) is 0 Å². The minimum Gasteiger partial charge on any atom is -0.496 e. The van der Waals surface area contributed by atoms with E-state index in [-0.39, 0.29) is 12.1 Å². The summed E-state index contributed by atoms with van der Waals surface area (Å²) < 4.78 is 10.7. The van der Waals surface area contributed by atoms with Crippen LogP contribution in [0, 0.1) is 0 Å². The zero-order valence-corrected chi connectivity index (χ0v) is 14.2. The number of ether oxygens (including phenoxy) is 2. The van der Waals surface area contributed by atoms with E-state index >= 15 is 0 Å². The van der Waals surface area contributed by atoms with Gasteiger partial charge < -0.3 is 19.3 Å². The topological polar surface area (TPSA) is 42.0 Å². The van der Waals surface area contributed by atoms with Gasteiger partial charge in [0.05, 0.1) is 13.7 Å². The number of fused-ring (bicyclic) bond motifs is 1. The molecule has 0 N–H and O–H groups in total. The van der Waals surface area contributed by atoms with Crippen LogP contribution in [0.5, 0.6) is 5.75 Å². The standard InChI is InChI=1S/C17H26N2O3/c1-6-22-17(20)19-11-14-9-16(21-5)15(10-18(3)4)8-13(14)7-12(19)2/h8-9,12H,6-7,10-11H2,1-5H3. The number of hydrogen-bond acceptors (Lipinski definition) is 4. The third-order valence-corrected chi connectivity index (χ3v) is 3.98. The largest absolute Gasteiger partial charge is 0.496 e. The van der Waals surface area contributed by atoms with Crippen molar-refractivity contribution < 1.29 is 14.3 Å². The van der Waals surface area contributed by atoms with Crippen molar-refractivity contribution in [1.82, 2.24) is 9.80 Å². The molecule has 0 aromatic heterocycles. The van der Waals surface area contributed by atoms with Gasteiger partial charge in [0, 0.05) is 24.7 Å². The second-order valence-electron chi connectivity index (χ2n) is 6.05. The summed E-state index contributed by atoms with van der Waals surface area (Å²) in [6.07, 6.45) is 0.607. The normalized spacial score (nSPS) is 17.4. The van der Waals surface area contributed by atoms with Gasteiger partial charge in [0.1, 0.15) is 5.75 Å². The van der Waals surface area contributed by atoms with Crippen LogP contribution in [-0.4, -0.2) is 49.7 Å². The highest BCUT2D eigenvalue weighted by atomic mass is 16.6. The zero-order chi connectivity index (χ0) is 16.3. The predicted octanol–water partition coefficient (Wildman–Crippen LogP) is 2.66. The molecule has 1 unspecified atom stereocenters. The van der Waals surface area contributed by atoms with Crippen molar-refractivity contribution in [2.24, 2.45) is 0 Å². The fourth-order valence-corrected chi connectivity index (χ4v) is 2.93. The van der Waals surface area contributed by atoms with Gasteiger partial charge in [-0.1, -0.05) is 6.07 Å². The van der Waals surface area contributed by atoms with Crippen LogP contribution < -0.4 is 4.74 Å². The molecule has 0 aliphatic carbocycles. The van der Waals surface area contributed by atoms with Crippen LogP contribution in [-0.2, 0) is 24.2 Å². The molecule has 22 heavy (non-hydrogen) atoms. The summed E-state index contributed by atoms with van der Waals surface area (Å²) in [4.78, 5) is 16.0. The highest BCUT2D eigenvalue weighted by molar-refractivity contribution is 5.68. The van der Waals surface area contributed by atoms with E-state index in [1.165, 1.54) is 11.1 Å². The molecule has 1 aromatic rings. The smallest absolute Gasteiger partial charge is 0.410 e. The second kappa shape index (κ2) is 7.01. The summed E-state index contributed by atoms with van der Waals surface area (Å²) in [5, 5.41) is 0. The van der Waals surface area contributed by atoms with Crippen molar-refractivity contribution in [3.8, 4) is 5.75 Å². The Labute approximate surface area is 132 Å². The highest BCUT2D eigenvalue weighted by Crippen LogP contribution is 2.31. The summed E-state index contributed by atoms with van der Waals surface area (Å²) in [7, 11) is 5.78. The summed E-state index contributed by atoms with van der Waals surface area (Å²) >= 11 is 0. The molecule has 5 heteroatoms. The fourth-order valence-electron chi connectivity index (χ4n) is 2.93. The van der Waals surface area contributed by atoms with Crippen molar-refractivity contribution in [3.63, 3.8) is 0 Å². The number of methoxy groups -OCH3 is 1. The lowest BCUT2D eigenvalue weighted by atomic mass is 9.92. The Kier molecular flexibility index (Phi) is 5.29. The number of nitrogens with zero attached hydrogens (tertiary/aromatic N) is 2. The number of hydrogen-bond donors (Lipinski definition) is 0. The summed E-state index contributed by atoms with van der Waals surface area (Å²) in [5.41, 5.74) is 3.62. The molecule has 0 spiro atoms. The van der Waals surface area contributed by atoms with Gasteiger partial charge in [0.2, 0.25) is 0 Å². The maximum Gasteiger partial charge on any atom is 0.410 e. The van der Waals surface area contributed by atoms with Crippen LogP contribution in [0.25, 0.3) is 0 Å². The van der Waals surface area contributed by atoms with Crippen molar-refractivity contribution in [2.45, 2.75) is 39.4 Å². The van der Waals surface area contributed by atoms with Crippen molar-refractivity contribution >= 4 is 6.09 Å². The van der Waals surface area contributed by atoms with Gasteiger partial charge in [-0.05, 0) is 51.6 Å². The summed E-state index contributed by atoms with van der Waals surface area (Å²) in [6, 6.07) is 4.42. The molecule has 2 rings (SSSR count). The first-order valence-electron chi connectivity index (χ1n) is 7.73. The van der Waals surface area contributed by atoms with Crippen molar-refractivity contribution in [2.75, 3.05) is 27.8 Å². The van der Waals surface area contributed by atoms with Crippen LogP contribution >= 0.6 is 0 Å². The average molecular weight is 306 g/mol. The lowest BCUT2D eigenvalue weighted by molar-refractivity contribution is 0.0861. The number of rotatable bonds is 4. The molecule has 0 bridgehead atoms. The van der Waals surface area contributed by atoms with E-state index < -0.39 is 0 Å². The number of carbonyl (C=O) groups is 1. The maximum atomic E-state index is 12.1. The Morgan fingerprint density at radius 2 is 2.09 bits per heavy atom. The van der Waals surface area contributed by atoms with Gasteiger partial charge in [-0.25, -0.2) is 4.79 Å². The lowest BCUT2D eigenvalue weighted by Gasteiger charge is -2.34. The molecule has 1 aliphatic heterocycles. The van der Waals surface area contributed by atoms with E-state index in [0.29, 0.717) is 13.2 Å². The van der Waals surface area contributed by atoms with Gasteiger partial charge in [-0.3, -0.25) is 0 Å². The Morgan fingerprint density at radius 3 is 2.68 bits per heavy atom. The molecule has 1 amide bonds. The first kappa shape index (κ1) is 16.6. The molecule has 1 heterocycles. The maximum absolute atomic E-state index is 12.1. The van der Waals surface area contributed by atoms with Crippen molar-refractivity contribution in [3.05, 3.63) is 28.8 Å². The molecule has 0 saturated carbocycles. The first-order valence-corrected chi connectivity index (χ1v) is 7.73. The van der Waals surface area contributed by atoms with E-state index in [1.54, 1.807) is 12.0 Å². The SMILES string of the molecule is CCOC(=O)N1Cc2cc(OC)c(CN(C)C)cc2CC1C. The molecular weight excluding hydrogens is 280 g/mol. The van der Waals surface area contributed by atoms with E-state index in [2.05, 4.69) is 24.0 Å². The molecule has 0 fully saturated rings. The third-order valence-electron chi connectivity index (χ3n) is 3.98. The molecule has 0 radical (unpaired) electrons. The summed E-state index contributed by atoms with van der Waals surface area (Å²) in [5.74, 6) is 0.880. The molecular formula is C17H26N2O3. The fraction of sp³-hybridized carbons (Fsp3) is 0.588. The van der Waals surface area contributed by atoms with E-state index in [1.807, 2.05) is 21.0 Å². The number of amides is 1. The van der Waals surface area contributed by atoms with E-state index in [4.69, 9.17) is 9.47 Å². The zero-order valence-electron chi connectivity index (χ0n) is 14.2. The first-order chi connectivity index (χ1) is 10.5. The third kappa shape index (κ3) is 3.53.